The third-order valence-electron chi connectivity index (χ3n) is 3.08. The van der Waals surface area contributed by atoms with Gasteiger partial charge in [-0.15, -0.1) is 0 Å². The smallest absolute Gasteiger partial charge is 0.124 e. The average Bonchev–Trinajstić information content (AvgIpc) is 2.52. The quantitative estimate of drug-likeness (QED) is 0.795. The van der Waals surface area contributed by atoms with Gasteiger partial charge in [0.05, 0.1) is 7.11 Å². The maximum absolute atomic E-state index is 5.91. The molecule has 112 valence electrons. The fraction of sp³-hybridized carbons (Fsp3) is 0.294. The monoisotopic (exact) mass is 287 g/mol. The van der Waals surface area contributed by atoms with Crippen molar-refractivity contribution in [1.29, 1.82) is 0 Å². The van der Waals surface area contributed by atoms with Crippen LogP contribution >= 0.6 is 0 Å². The van der Waals surface area contributed by atoms with Crippen molar-refractivity contribution < 1.29 is 14.2 Å². The van der Waals surface area contributed by atoms with Gasteiger partial charge in [-0.25, -0.2) is 0 Å². The van der Waals surface area contributed by atoms with Gasteiger partial charge in [-0.3, -0.25) is 0 Å². The molecular weight excluding hydrogens is 266 g/mol. The van der Waals surface area contributed by atoms with E-state index in [1.54, 1.807) is 7.11 Å². The molecule has 0 saturated carbocycles. The third-order valence-corrected chi connectivity index (χ3v) is 3.08. The van der Waals surface area contributed by atoms with Crippen molar-refractivity contribution in [2.45, 2.75) is 13.0 Å². The predicted octanol–water partition coefficient (Wildman–Crippen LogP) is 3.17. The van der Waals surface area contributed by atoms with Crippen molar-refractivity contribution in [2.24, 2.45) is 5.73 Å². The van der Waals surface area contributed by atoms with Gasteiger partial charge < -0.3 is 19.9 Å². The van der Waals surface area contributed by atoms with Crippen LogP contribution in [0.4, 0.5) is 0 Å². The SMILES string of the molecule is COc1ccc(OCCOc2ccccc2[C@@H](C)N)cc1. The molecule has 0 spiro atoms. The van der Waals surface area contributed by atoms with Crippen LogP contribution in [0, 0.1) is 0 Å². The molecule has 0 aliphatic rings. The van der Waals surface area contributed by atoms with Crippen molar-refractivity contribution >= 4 is 0 Å². The van der Waals surface area contributed by atoms with E-state index in [0.717, 1.165) is 22.8 Å². The first kappa shape index (κ1) is 15.2. The van der Waals surface area contributed by atoms with E-state index in [0.29, 0.717) is 13.2 Å². The molecule has 0 bridgehead atoms. The number of benzene rings is 2. The molecule has 0 heterocycles. The molecular formula is C17H21NO3. The number of hydrogen-bond donors (Lipinski definition) is 1. The minimum atomic E-state index is -0.0521. The zero-order valence-corrected chi connectivity index (χ0v) is 12.4. The first-order valence-corrected chi connectivity index (χ1v) is 6.95. The number of ether oxygens (including phenoxy) is 3. The van der Waals surface area contributed by atoms with Crippen LogP contribution in [0.2, 0.25) is 0 Å². The summed E-state index contributed by atoms with van der Waals surface area (Å²) >= 11 is 0. The normalized spacial score (nSPS) is 11.8. The molecule has 0 unspecified atom stereocenters. The summed E-state index contributed by atoms with van der Waals surface area (Å²) in [7, 11) is 1.64. The summed E-state index contributed by atoms with van der Waals surface area (Å²) in [6.07, 6.45) is 0. The zero-order valence-electron chi connectivity index (χ0n) is 12.4. The molecule has 0 saturated heterocycles. The Morgan fingerprint density at radius 2 is 1.52 bits per heavy atom. The number of para-hydroxylation sites is 1. The molecule has 4 heteroatoms. The van der Waals surface area contributed by atoms with Gasteiger partial charge in [-0.1, -0.05) is 18.2 Å². The second-order valence-corrected chi connectivity index (χ2v) is 4.70. The van der Waals surface area contributed by atoms with Crippen LogP contribution in [0.1, 0.15) is 18.5 Å². The van der Waals surface area contributed by atoms with Gasteiger partial charge in [0.2, 0.25) is 0 Å². The van der Waals surface area contributed by atoms with E-state index in [4.69, 9.17) is 19.9 Å². The van der Waals surface area contributed by atoms with E-state index in [1.807, 2.05) is 55.5 Å². The van der Waals surface area contributed by atoms with E-state index in [9.17, 15) is 0 Å². The summed E-state index contributed by atoms with van der Waals surface area (Å²) in [4.78, 5) is 0. The lowest BCUT2D eigenvalue weighted by Crippen LogP contribution is -2.12. The van der Waals surface area contributed by atoms with Crippen molar-refractivity contribution in [3.8, 4) is 17.2 Å². The predicted molar refractivity (Wildman–Crippen MR) is 83.0 cm³/mol. The largest absolute Gasteiger partial charge is 0.497 e. The van der Waals surface area contributed by atoms with Gasteiger partial charge in [0.15, 0.2) is 0 Å². The Balaban J connectivity index is 1.82. The molecule has 0 aliphatic carbocycles. The Labute approximate surface area is 125 Å². The molecule has 0 aromatic heterocycles. The van der Waals surface area contributed by atoms with E-state index in [2.05, 4.69) is 0 Å². The second-order valence-electron chi connectivity index (χ2n) is 4.70. The van der Waals surface area contributed by atoms with Gasteiger partial charge in [-0.05, 0) is 37.3 Å². The van der Waals surface area contributed by atoms with Gasteiger partial charge in [0, 0.05) is 11.6 Å². The minimum absolute atomic E-state index is 0.0521. The van der Waals surface area contributed by atoms with Crippen LogP contribution in [0.5, 0.6) is 17.2 Å². The summed E-state index contributed by atoms with van der Waals surface area (Å²) < 4.78 is 16.4. The van der Waals surface area contributed by atoms with Gasteiger partial charge >= 0.3 is 0 Å². The molecule has 0 aliphatic heterocycles. The molecule has 0 radical (unpaired) electrons. The molecule has 0 amide bonds. The van der Waals surface area contributed by atoms with Crippen LogP contribution in [0.3, 0.4) is 0 Å². The highest BCUT2D eigenvalue weighted by atomic mass is 16.5. The van der Waals surface area contributed by atoms with Crippen molar-refractivity contribution in [1.82, 2.24) is 0 Å². The van der Waals surface area contributed by atoms with Gasteiger partial charge in [-0.2, -0.15) is 0 Å². The number of nitrogens with two attached hydrogens (primary N) is 1. The third kappa shape index (κ3) is 4.39. The number of rotatable bonds is 7. The summed E-state index contributed by atoms with van der Waals surface area (Å²) in [6.45, 7) is 2.88. The molecule has 4 nitrogen and oxygen atoms in total. The molecule has 2 rings (SSSR count). The molecule has 21 heavy (non-hydrogen) atoms. The topological polar surface area (TPSA) is 53.7 Å². The Hall–Kier alpha value is -2.20. The first-order chi connectivity index (χ1) is 10.2. The van der Waals surface area contributed by atoms with E-state index >= 15 is 0 Å². The molecule has 2 aromatic carbocycles. The van der Waals surface area contributed by atoms with Crippen LogP contribution in [-0.4, -0.2) is 20.3 Å². The highest BCUT2D eigenvalue weighted by Crippen LogP contribution is 2.23. The van der Waals surface area contributed by atoms with Crippen molar-refractivity contribution in [3.05, 3.63) is 54.1 Å². The lowest BCUT2D eigenvalue weighted by atomic mass is 10.1. The molecule has 2 N–H and O–H groups in total. The zero-order chi connectivity index (χ0) is 15.1. The van der Waals surface area contributed by atoms with Crippen LogP contribution in [0.25, 0.3) is 0 Å². The Bertz CT molecular complexity index is 552. The molecule has 1 atom stereocenters. The van der Waals surface area contributed by atoms with Crippen molar-refractivity contribution in [3.63, 3.8) is 0 Å². The summed E-state index contributed by atoms with van der Waals surface area (Å²) in [5.41, 5.74) is 6.92. The van der Waals surface area contributed by atoms with Crippen LogP contribution in [-0.2, 0) is 0 Å². The minimum Gasteiger partial charge on any atom is -0.497 e. The van der Waals surface area contributed by atoms with Gasteiger partial charge in [0.25, 0.3) is 0 Å². The standard InChI is InChI=1S/C17H21NO3/c1-13(18)16-5-3-4-6-17(16)21-12-11-20-15-9-7-14(19-2)8-10-15/h3-10,13H,11-12,18H2,1-2H3/t13-/m1/s1. The number of hydrogen-bond acceptors (Lipinski definition) is 4. The van der Waals surface area contributed by atoms with E-state index in [1.165, 1.54) is 0 Å². The highest BCUT2D eigenvalue weighted by molar-refractivity contribution is 5.35. The highest BCUT2D eigenvalue weighted by Gasteiger charge is 2.06. The molecule has 0 fully saturated rings. The lowest BCUT2D eigenvalue weighted by Gasteiger charge is -2.14. The Morgan fingerprint density at radius 3 is 2.19 bits per heavy atom. The fourth-order valence-electron chi connectivity index (χ4n) is 1.97. The maximum Gasteiger partial charge on any atom is 0.124 e. The first-order valence-electron chi connectivity index (χ1n) is 6.95. The second kappa shape index (κ2) is 7.55. The average molecular weight is 287 g/mol. The summed E-state index contributed by atoms with van der Waals surface area (Å²) in [6, 6.07) is 15.2. The summed E-state index contributed by atoms with van der Waals surface area (Å²) in [5.74, 6) is 2.41. The lowest BCUT2D eigenvalue weighted by molar-refractivity contribution is 0.215. The maximum atomic E-state index is 5.91. The number of methoxy groups -OCH3 is 1. The fourth-order valence-corrected chi connectivity index (χ4v) is 1.97. The Morgan fingerprint density at radius 1 is 0.905 bits per heavy atom. The van der Waals surface area contributed by atoms with Crippen molar-refractivity contribution in [2.75, 3.05) is 20.3 Å². The van der Waals surface area contributed by atoms with E-state index in [-0.39, 0.29) is 6.04 Å². The molecule has 2 aromatic rings. The van der Waals surface area contributed by atoms with E-state index < -0.39 is 0 Å². The van der Waals surface area contributed by atoms with Crippen LogP contribution in [0.15, 0.2) is 48.5 Å². The summed E-state index contributed by atoms with van der Waals surface area (Å²) in [5, 5.41) is 0. The van der Waals surface area contributed by atoms with Crippen LogP contribution < -0.4 is 19.9 Å². The van der Waals surface area contributed by atoms with Gasteiger partial charge in [0.1, 0.15) is 30.5 Å². The Kier molecular flexibility index (Phi) is 5.46.